The first kappa shape index (κ1) is 25.1. The number of carbonyl (C=O) groups excluding carboxylic acids is 1. The maximum absolute atomic E-state index is 13.6. The number of hydrogen-bond acceptors (Lipinski definition) is 6. The molecule has 7 heteroatoms. The maximum Gasteiger partial charge on any atom is 0.254 e. The molecular weight excluding hydrogens is 458 g/mol. The Morgan fingerprint density at radius 3 is 2.54 bits per heavy atom. The number of carbonyl (C=O) groups is 1. The molecule has 0 spiro atoms. The van der Waals surface area contributed by atoms with Gasteiger partial charge in [0.1, 0.15) is 10.8 Å². The third-order valence-corrected chi connectivity index (χ3v) is 6.57. The summed E-state index contributed by atoms with van der Waals surface area (Å²) in [7, 11) is 1.83. The second kappa shape index (κ2) is 12.1. The number of likely N-dealkylation sites (N-methyl/N-ethyl adjacent to an activating group) is 1. The molecule has 0 atom stereocenters. The Balaban J connectivity index is 1.48. The number of hydrogen-bond donors (Lipinski definition) is 0. The van der Waals surface area contributed by atoms with Crippen LogP contribution in [0.5, 0.6) is 5.75 Å². The highest BCUT2D eigenvalue weighted by Gasteiger charge is 2.19. The van der Waals surface area contributed by atoms with Gasteiger partial charge >= 0.3 is 0 Å². The van der Waals surface area contributed by atoms with Gasteiger partial charge in [-0.25, -0.2) is 4.98 Å². The van der Waals surface area contributed by atoms with Gasteiger partial charge in [-0.15, -0.1) is 11.3 Å². The number of nitrogens with zero attached hydrogens (tertiary/aromatic N) is 3. The molecule has 4 rings (SSSR count). The first-order valence-corrected chi connectivity index (χ1v) is 12.9. The van der Waals surface area contributed by atoms with Crippen molar-refractivity contribution in [3.05, 3.63) is 81.8 Å². The van der Waals surface area contributed by atoms with E-state index in [0.29, 0.717) is 12.1 Å². The molecule has 6 nitrogen and oxygen atoms in total. The fourth-order valence-corrected chi connectivity index (χ4v) is 4.76. The second-order valence-electron chi connectivity index (χ2n) is 8.94. The average molecular weight is 492 g/mol. The Morgan fingerprint density at radius 2 is 1.86 bits per heavy atom. The third-order valence-electron chi connectivity index (χ3n) is 5.69. The van der Waals surface area contributed by atoms with Crippen molar-refractivity contribution in [2.24, 2.45) is 0 Å². The minimum Gasteiger partial charge on any atom is -0.491 e. The van der Waals surface area contributed by atoms with Crippen LogP contribution in [0, 0.1) is 0 Å². The quantitative estimate of drug-likeness (QED) is 0.313. The number of amides is 1. The lowest BCUT2D eigenvalue weighted by Gasteiger charge is -2.25. The summed E-state index contributed by atoms with van der Waals surface area (Å²) in [6.45, 7) is 8.72. The summed E-state index contributed by atoms with van der Waals surface area (Å²) in [5, 5.41) is 3.13. The highest BCUT2D eigenvalue weighted by atomic mass is 32.1. The normalized spacial score (nSPS) is 14.8. The molecule has 35 heavy (non-hydrogen) atoms. The standard InChI is InChI=1S/C28H33N3O3S/c1-21(2)34-25-11-9-22(10-12-25)17-26(23-7-5-4-6-8-23)28(32)30(3)18-24-20-35-27(29-24)19-31-13-15-33-16-14-31/h4-12,17,20-21H,13-16,18-19H2,1-3H3/b26-17+. The van der Waals surface area contributed by atoms with Crippen LogP contribution in [-0.4, -0.2) is 60.1 Å². The van der Waals surface area contributed by atoms with E-state index in [2.05, 4.69) is 10.3 Å². The van der Waals surface area contributed by atoms with E-state index in [1.807, 2.05) is 81.6 Å². The van der Waals surface area contributed by atoms with Crippen LogP contribution in [0.2, 0.25) is 0 Å². The van der Waals surface area contributed by atoms with Gasteiger partial charge in [-0.1, -0.05) is 42.5 Å². The van der Waals surface area contributed by atoms with Gasteiger partial charge in [-0.05, 0) is 43.2 Å². The van der Waals surface area contributed by atoms with Crippen LogP contribution in [0.25, 0.3) is 11.6 Å². The fraction of sp³-hybridized carbons (Fsp3) is 0.357. The number of thiazole rings is 1. The molecule has 184 valence electrons. The number of ether oxygens (including phenoxy) is 2. The van der Waals surface area contributed by atoms with Crippen molar-refractivity contribution >= 4 is 28.9 Å². The van der Waals surface area contributed by atoms with Crippen molar-refractivity contribution in [3.63, 3.8) is 0 Å². The van der Waals surface area contributed by atoms with E-state index in [1.54, 1.807) is 16.2 Å². The van der Waals surface area contributed by atoms with Crippen LogP contribution in [0.15, 0.2) is 60.0 Å². The predicted octanol–water partition coefficient (Wildman–Crippen LogP) is 4.96. The van der Waals surface area contributed by atoms with Gasteiger partial charge in [-0.2, -0.15) is 0 Å². The predicted molar refractivity (Wildman–Crippen MR) is 141 cm³/mol. The van der Waals surface area contributed by atoms with E-state index in [1.165, 1.54) is 0 Å². The number of aromatic nitrogens is 1. The molecule has 0 aliphatic carbocycles. The molecular formula is C28H33N3O3S. The maximum atomic E-state index is 13.6. The van der Waals surface area contributed by atoms with E-state index in [9.17, 15) is 4.79 Å². The summed E-state index contributed by atoms with van der Waals surface area (Å²) in [4.78, 5) is 22.5. The zero-order valence-corrected chi connectivity index (χ0v) is 21.5. The summed E-state index contributed by atoms with van der Waals surface area (Å²) in [6, 6.07) is 17.6. The minimum atomic E-state index is -0.0403. The molecule has 1 aliphatic rings. The summed E-state index contributed by atoms with van der Waals surface area (Å²) < 4.78 is 11.2. The highest BCUT2D eigenvalue weighted by Crippen LogP contribution is 2.23. The number of rotatable bonds is 9. The zero-order valence-electron chi connectivity index (χ0n) is 20.6. The summed E-state index contributed by atoms with van der Waals surface area (Å²) in [6.07, 6.45) is 2.06. The molecule has 3 aromatic rings. The van der Waals surface area contributed by atoms with Crippen LogP contribution < -0.4 is 4.74 Å². The Bertz CT molecular complexity index is 1120. The molecule has 2 aromatic carbocycles. The van der Waals surface area contributed by atoms with Gasteiger partial charge in [0.15, 0.2) is 0 Å². The van der Waals surface area contributed by atoms with Crippen LogP contribution in [0.4, 0.5) is 0 Å². The summed E-state index contributed by atoms with van der Waals surface area (Å²) in [5.74, 6) is 0.778. The van der Waals surface area contributed by atoms with Crippen molar-refractivity contribution in [1.29, 1.82) is 0 Å². The first-order valence-electron chi connectivity index (χ1n) is 12.0. The lowest BCUT2D eigenvalue weighted by molar-refractivity contribution is -0.124. The summed E-state index contributed by atoms with van der Waals surface area (Å²) in [5.41, 5.74) is 3.40. The van der Waals surface area contributed by atoms with Crippen LogP contribution >= 0.6 is 11.3 Å². The Hall–Kier alpha value is -3.00. The lowest BCUT2D eigenvalue weighted by Crippen LogP contribution is -2.35. The van der Waals surface area contributed by atoms with E-state index in [-0.39, 0.29) is 12.0 Å². The minimum absolute atomic E-state index is 0.0403. The molecule has 1 aliphatic heterocycles. The molecule has 1 saturated heterocycles. The molecule has 0 unspecified atom stereocenters. The second-order valence-corrected chi connectivity index (χ2v) is 9.88. The van der Waals surface area contributed by atoms with Crippen molar-refractivity contribution in [3.8, 4) is 5.75 Å². The van der Waals surface area contributed by atoms with Crippen LogP contribution in [0.1, 0.15) is 35.7 Å². The van der Waals surface area contributed by atoms with Gasteiger partial charge in [-0.3, -0.25) is 9.69 Å². The highest BCUT2D eigenvalue weighted by molar-refractivity contribution is 7.09. The van der Waals surface area contributed by atoms with Crippen LogP contribution in [-0.2, 0) is 22.6 Å². The Kier molecular flexibility index (Phi) is 8.69. The van der Waals surface area contributed by atoms with Crippen LogP contribution in [0.3, 0.4) is 0 Å². The SMILES string of the molecule is CC(C)Oc1ccc(/C=C(/C(=O)N(C)Cc2csc(CN3CCOCC3)n2)c2ccccc2)cc1. The fourth-order valence-electron chi connectivity index (χ4n) is 3.93. The molecule has 0 saturated carbocycles. The monoisotopic (exact) mass is 491 g/mol. The van der Waals surface area contributed by atoms with E-state index in [0.717, 1.165) is 60.4 Å². The van der Waals surface area contributed by atoms with Crippen molar-refractivity contribution in [1.82, 2.24) is 14.8 Å². The Labute approximate surface area is 211 Å². The third kappa shape index (κ3) is 7.24. The van der Waals surface area contributed by atoms with Crippen molar-refractivity contribution in [2.45, 2.75) is 33.0 Å². The van der Waals surface area contributed by atoms with E-state index >= 15 is 0 Å². The molecule has 1 fully saturated rings. The first-order chi connectivity index (χ1) is 17.0. The van der Waals surface area contributed by atoms with Crippen molar-refractivity contribution in [2.75, 3.05) is 33.4 Å². The number of benzene rings is 2. The smallest absolute Gasteiger partial charge is 0.254 e. The molecule has 1 aromatic heterocycles. The zero-order chi connectivity index (χ0) is 24.6. The van der Waals surface area contributed by atoms with Gasteiger partial charge in [0, 0.05) is 31.1 Å². The molecule has 0 radical (unpaired) electrons. The Morgan fingerprint density at radius 1 is 1.14 bits per heavy atom. The van der Waals surface area contributed by atoms with Gasteiger partial charge < -0.3 is 14.4 Å². The molecule has 0 bridgehead atoms. The van der Waals surface area contributed by atoms with Gasteiger partial charge in [0.25, 0.3) is 5.91 Å². The number of morpholine rings is 1. The lowest BCUT2D eigenvalue weighted by atomic mass is 10.0. The van der Waals surface area contributed by atoms with Crippen molar-refractivity contribution < 1.29 is 14.3 Å². The molecule has 2 heterocycles. The molecule has 1 amide bonds. The molecule has 0 N–H and O–H groups in total. The average Bonchev–Trinajstić information content (AvgIpc) is 3.30. The van der Waals surface area contributed by atoms with E-state index < -0.39 is 0 Å². The van der Waals surface area contributed by atoms with Gasteiger partial charge in [0.2, 0.25) is 0 Å². The summed E-state index contributed by atoms with van der Waals surface area (Å²) >= 11 is 1.65. The van der Waals surface area contributed by atoms with E-state index in [4.69, 9.17) is 14.5 Å². The largest absolute Gasteiger partial charge is 0.491 e. The topological polar surface area (TPSA) is 54.9 Å². The van der Waals surface area contributed by atoms with Gasteiger partial charge in [0.05, 0.1) is 38.1 Å².